The highest BCUT2D eigenvalue weighted by atomic mass is 35.5. The fraction of sp³-hybridized carbons (Fsp3) is 0.0645. The first-order valence-electron chi connectivity index (χ1n) is 12.1. The number of carbonyl (C=O) groups excluding carboxylic acids is 3. The van der Waals surface area contributed by atoms with E-state index in [4.69, 9.17) is 27.9 Å². The van der Waals surface area contributed by atoms with Gasteiger partial charge >= 0.3 is 0 Å². The van der Waals surface area contributed by atoms with Gasteiger partial charge in [-0.3, -0.25) is 14.4 Å². The predicted octanol–water partition coefficient (Wildman–Crippen LogP) is 7.39. The Morgan fingerprint density at radius 1 is 0.825 bits per heavy atom. The number of hydrogen-bond donors (Lipinski definition) is 2. The molecule has 0 atom stereocenters. The number of carbonyl (C=O) groups is 3. The second-order valence-electron chi connectivity index (χ2n) is 8.47. The monoisotopic (exact) mass is 590 g/mol. The largest absolute Gasteiger partial charge is 0.497 e. The normalized spacial score (nSPS) is 11.0. The number of hydrogen-bond acceptors (Lipinski definition) is 5. The molecule has 0 unspecified atom stereocenters. The lowest BCUT2D eigenvalue weighted by Crippen LogP contribution is -2.30. The van der Waals surface area contributed by atoms with E-state index in [-0.39, 0.29) is 17.2 Å². The lowest BCUT2D eigenvalue weighted by atomic mass is 10.1. The zero-order chi connectivity index (χ0) is 28.5. The molecule has 0 radical (unpaired) electrons. The van der Waals surface area contributed by atoms with Crippen LogP contribution in [0.1, 0.15) is 26.3 Å². The summed E-state index contributed by atoms with van der Waals surface area (Å²) in [5.41, 5.74) is 2.17. The van der Waals surface area contributed by atoms with E-state index in [1.807, 2.05) is 6.07 Å². The van der Waals surface area contributed by atoms with Crippen LogP contribution in [0.3, 0.4) is 0 Å². The summed E-state index contributed by atoms with van der Waals surface area (Å²) in [6.07, 6.45) is 1.58. The average molecular weight is 592 g/mol. The lowest BCUT2D eigenvalue weighted by molar-refractivity contribution is -0.113. The summed E-state index contributed by atoms with van der Waals surface area (Å²) in [7, 11) is 1.55. The summed E-state index contributed by atoms with van der Waals surface area (Å²) in [5.74, 6) is -0.163. The van der Waals surface area contributed by atoms with Crippen molar-refractivity contribution in [1.29, 1.82) is 0 Å². The fourth-order valence-electron chi connectivity index (χ4n) is 3.58. The van der Waals surface area contributed by atoms with Gasteiger partial charge < -0.3 is 15.4 Å². The van der Waals surface area contributed by atoms with Crippen molar-refractivity contribution in [2.45, 2.75) is 4.90 Å². The summed E-state index contributed by atoms with van der Waals surface area (Å²) in [4.78, 5) is 39.5. The van der Waals surface area contributed by atoms with Crippen LogP contribution in [0.15, 0.2) is 108 Å². The zero-order valence-corrected chi connectivity index (χ0v) is 23.6. The van der Waals surface area contributed by atoms with Crippen LogP contribution in [0.5, 0.6) is 5.75 Å². The number of nitrogens with one attached hydrogen (secondary N) is 2. The van der Waals surface area contributed by atoms with Crippen LogP contribution in [-0.4, -0.2) is 30.5 Å². The van der Waals surface area contributed by atoms with Crippen molar-refractivity contribution in [3.63, 3.8) is 0 Å². The summed E-state index contributed by atoms with van der Waals surface area (Å²) in [6.45, 7) is 0. The van der Waals surface area contributed by atoms with Crippen molar-refractivity contribution in [2.24, 2.45) is 0 Å². The molecular formula is C31H24Cl2N2O4S. The fourth-order valence-corrected chi connectivity index (χ4v) is 4.67. The number of ketones is 1. The Morgan fingerprint density at radius 3 is 2.27 bits per heavy atom. The number of thioether (sulfide) groups is 1. The van der Waals surface area contributed by atoms with Gasteiger partial charge in [0.05, 0.1) is 22.9 Å². The van der Waals surface area contributed by atoms with E-state index in [0.29, 0.717) is 38.2 Å². The molecular weight excluding hydrogens is 567 g/mol. The molecule has 0 aromatic heterocycles. The maximum absolute atomic E-state index is 13.3. The summed E-state index contributed by atoms with van der Waals surface area (Å²) < 4.78 is 5.27. The number of rotatable bonds is 10. The zero-order valence-electron chi connectivity index (χ0n) is 21.3. The van der Waals surface area contributed by atoms with Crippen LogP contribution in [0, 0.1) is 0 Å². The van der Waals surface area contributed by atoms with Crippen molar-refractivity contribution >= 4 is 64.3 Å². The van der Waals surface area contributed by atoms with Gasteiger partial charge in [0.15, 0.2) is 5.78 Å². The van der Waals surface area contributed by atoms with Crippen molar-refractivity contribution in [3.8, 4) is 5.75 Å². The topological polar surface area (TPSA) is 84.5 Å². The van der Waals surface area contributed by atoms with Crippen molar-refractivity contribution in [2.75, 3.05) is 18.2 Å². The van der Waals surface area contributed by atoms with Crippen LogP contribution in [-0.2, 0) is 4.79 Å². The van der Waals surface area contributed by atoms with Crippen molar-refractivity contribution in [1.82, 2.24) is 5.32 Å². The number of methoxy groups -OCH3 is 1. The lowest BCUT2D eigenvalue weighted by Gasteiger charge is -2.12. The van der Waals surface area contributed by atoms with E-state index in [9.17, 15) is 14.4 Å². The minimum atomic E-state index is -0.498. The maximum Gasteiger partial charge on any atom is 0.272 e. The Kier molecular flexibility index (Phi) is 10.0. The molecule has 9 heteroatoms. The first-order valence-corrected chi connectivity index (χ1v) is 13.8. The Morgan fingerprint density at radius 2 is 1.57 bits per heavy atom. The molecule has 0 bridgehead atoms. The molecule has 0 aliphatic rings. The van der Waals surface area contributed by atoms with Gasteiger partial charge in [0.2, 0.25) is 0 Å². The van der Waals surface area contributed by atoms with Crippen LogP contribution in [0.2, 0.25) is 10.0 Å². The maximum atomic E-state index is 13.3. The van der Waals surface area contributed by atoms with E-state index in [1.54, 1.807) is 104 Å². The highest BCUT2D eigenvalue weighted by Gasteiger charge is 2.16. The molecule has 4 aromatic carbocycles. The summed E-state index contributed by atoms with van der Waals surface area (Å²) >= 11 is 13.3. The number of ether oxygens (including phenoxy) is 1. The number of Topliss-reactive ketones (excluding diaryl/α,β-unsaturated/α-hetero) is 1. The van der Waals surface area contributed by atoms with Gasteiger partial charge in [0.1, 0.15) is 11.4 Å². The highest BCUT2D eigenvalue weighted by Crippen LogP contribution is 2.26. The minimum Gasteiger partial charge on any atom is -0.497 e. The van der Waals surface area contributed by atoms with Gasteiger partial charge in [-0.05, 0) is 78.4 Å². The molecule has 0 spiro atoms. The quantitative estimate of drug-likeness (QED) is 0.114. The smallest absolute Gasteiger partial charge is 0.272 e. The number of benzene rings is 4. The van der Waals surface area contributed by atoms with Gasteiger partial charge in [-0.2, -0.15) is 0 Å². The van der Waals surface area contributed by atoms with Crippen molar-refractivity contribution < 1.29 is 19.1 Å². The van der Waals surface area contributed by atoms with Crippen LogP contribution < -0.4 is 15.4 Å². The Labute approximate surface area is 246 Å². The number of anilines is 1. The van der Waals surface area contributed by atoms with Crippen molar-refractivity contribution in [3.05, 3.63) is 129 Å². The first kappa shape index (κ1) is 29.0. The van der Waals surface area contributed by atoms with E-state index in [2.05, 4.69) is 10.6 Å². The Bertz CT molecular complexity index is 1560. The third kappa shape index (κ3) is 7.99. The third-order valence-corrected chi connectivity index (χ3v) is 7.41. The number of amides is 2. The molecule has 0 saturated carbocycles. The molecule has 0 aliphatic carbocycles. The Hall–Kier alpha value is -4.04. The molecule has 4 aromatic rings. The molecule has 0 saturated heterocycles. The van der Waals surface area contributed by atoms with Gasteiger partial charge in [-0.15, -0.1) is 11.8 Å². The predicted molar refractivity (Wildman–Crippen MR) is 161 cm³/mol. The van der Waals surface area contributed by atoms with E-state index >= 15 is 0 Å². The molecule has 6 nitrogen and oxygen atoms in total. The molecule has 2 N–H and O–H groups in total. The molecule has 40 heavy (non-hydrogen) atoms. The highest BCUT2D eigenvalue weighted by molar-refractivity contribution is 8.00. The van der Waals surface area contributed by atoms with Crippen LogP contribution in [0.25, 0.3) is 6.08 Å². The summed E-state index contributed by atoms with van der Waals surface area (Å²) in [5, 5.41) is 6.26. The minimum absolute atomic E-state index is 0.0628. The van der Waals surface area contributed by atoms with E-state index in [0.717, 1.165) is 4.90 Å². The van der Waals surface area contributed by atoms with E-state index in [1.165, 1.54) is 11.8 Å². The number of halogens is 2. The molecule has 0 aliphatic heterocycles. The van der Waals surface area contributed by atoms with E-state index < -0.39 is 11.8 Å². The van der Waals surface area contributed by atoms with Gasteiger partial charge in [-0.25, -0.2) is 0 Å². The molecule has 0 fully saturated rings. The molecule has 202 valence electrons. The van der Waals surface area contributed by atoms with Gasteiger partial charge in [-0.1, -0.05) is 53.5 Å². The SMILES string of the molecule is COc1cccc(/C=C(\NC(=O)c2ccccc2)C(=O)Nc2ccc(SCC(=O)c3ccc(Cl)c(Cl)c3)cc2)c1. The third-order valence-electron chi connectivity index (χ3n) is 5.66. The van der Waals surface area contributed by atoms with Gasteiger partial charge in [0.25, 0.3) is 11.8 Å². The van der Waals surface area contributed by atoms with Crippen LogP contribution >= 0.6 is 35.0 Å². The van der Waals surface area contributed by atoms with Crippen LogP contribution in [0.4, 0.5) is 5.69 Å². The molecule has 2 amide bonds. The first-order chi connectivity index (χ1) is 19.3. The standard InChI is InChI=1S/C31H24Cl2N2O4S/c1-39-24-9-5-6-20(16-24)17-28(35-30(37)21-7-3-2-4-8-21)31(38)34-23-11-13-25(14-12-23)40-19-29(36)22-10-15-26(32)27(33)18-22/h2-18H,19H2,1H3,(H,34,38)(H,35,37)/b28-17-. The van der Waals surface area contributed by atoms with Gasteiger partial charge in [0, 0.05) is 21.7 Å². The molecule has 0 heterocycles. The average Bonchev–Trinajstić information content (AvgIpc) is 2.98. The molecule has 4 rings (SSSR count). The second kappa shape index (κ2) is 13.8. The Balaban J connectivity index is 1.45. The summed E-state index contributed by atoms with van der Waals surface area (Å²) in [6, 6.07) is 27.6. The second-order valence-corrected chi connectivity index (χ2v) is 10.3.